The van der Waals surface area contributed by atoms with E-state index in [9.17, 15) is 5.11 Å². The van der Waals surface area contributed by atoms with E-state index in [1.54, 1.807) is 11.8 Å². The number of aliphatic hydroxyl groups is 2. The van der Waals surface area contributed by atoms with Gasteiger partial charge in [0.05, 0.1) is 19.3 Å². The third kappa shape index (κ3) is 5.07. The van der Waals surface area contributed by atoms with Crippen molar-refractivity contribution in [1.29, 1.82) is 0 Å². The monoisotopic (exact) mass is 394 g/mol. The Morgan fingerprint density at radius 2 is 1.93 bits per heavy atom. The van der Waals surface area contributed by atoms with Gasteiger partial charge < -0.3 is 20.4 Å². The van der Waals surface area contributed by atoms with Gasteiger partial charge in [-0.3, -0.25) is 0 Å². The number of thioether (sulfide) groups is 1. The maximum Gasteiger partial charge on any atom is 0.0949 e. The van der Waals surface area contributed by atoms with E-state index >= 15 is 0 Å². The van der Waals surface area contributed by atoms with Crippen LogP contribution in [0.4, 0.5) is 11.4 Å². The molecule has 1 unspecified atom stereocenters. The largest absolute Gasteiger partial charge is 0.394 e. The van der Waals surface area contributed by atoms with E-state index in [-0.39, 0.29) is 6.61 Å². The summed E-state index contributed by atoms with van der Waals surface area (Å²) >= 11 is 1.80. The Kier molecular flexibility index (Phi) is 7.37. The normalized spacial score (nSPS) is 15.8. The number of allylic oxidation sites excluding steroid dienone is 4. The van der Waals surface area contributed by atoms with Gasteiger partial charge >= 0.3 is 0 Å². The predicted molar refractivity (Wildman–Crippen MR) is 120 cm³/mol. The summed E-state index contributed by atoms with van der Waals surface area (Å²) in [6.07, 6.45) is 9.59. The van der Waals surface area contributed by atoms with Crippen LogP contribution in [0.2, 0.25) is 0 Å². The number of nitrogens with one attached hydrogen (secondary N) is 1. The van der Waals surface area contributed by atoms with Gasteiger partial charge in [-0.15, -0.1) is 11.8 Å². The smallest absolute Gasteiger partial charge is 0.0949 e. The number of fused-ring (bicyclic) bond motifs is 1. The van der Waals surface area contributed by atoms with Crippen molar-refractivity contribution in [3.63, 3.8) is 0 Å². The molecule has 4 nitrogen and oxygen atoms in total. The number of aliphatic hydroxyl groups excluding tert-OH is 2. The van der Waals surface area contributed by atoms with Crippen LogP contribution >= 0.6 is 11.8 Å². The molecule has 0 spiro atoms. The summed E-state index contributed by atoms with van der Waals surface area (Å²) in [7, 11) is 1.94. The molecule has 1 aliphatic rings. The van der Waals surface area contributed by atoms with Crippen molar-refractivity contribution in [2.24, 2.45) is 0 Å². The first-order valence-electron chi connectivity index (χ1n) is 9.32. The van der Waals surface area contributed by atoms with Crippen LogP contribution in [0.5, 0.6) is 0 Å². The fourth-order valence-corrected chi connectivity index (χ4v) is 3.95. The van der Waals surface area contributed by atoms with Crippen LogP contribution in [0.1, 0.15) is 5.56 Å². The molecule has 0 bridgehead atoms. The topological polar surface area (TPSA) is 55.7 Å². The average molecular weight is 395 g/mol. The zero-order valence-electron chi connectivity index (χ0n) is 16.0. The zero-order chi connectivity index (χ0) is 19.8. The predicted octanol–water partition coefficient (Wildman–Crippen LogP) is 4.15. The molecule has 3 rings (SSSR count). The number of anilines is 2. The van der Waals surface area contributed by atoms with Crippen molar-refractivity contribution in [2.45, 2.75) is 11.0 Å². The van der Waals surface area contributed by atoms with Crippen molar-refractivity contribution >= 4 is 28.7 Å². The van der Waals surface area contributed by atoms with E-state index < -0.39 is 6.10 Å². The molecule has 146 valence electrons. The Morgan fingerprint density at radius 3 is 2.75 bits per heavy atom. The maximum absolute atomic E-state index is 9.78. The van der Waals surface area contributed by atoms with E-state index in [1.807, 2.05) is 48.5 Å². The Bertz CT molecular complexity index is 876. The number of rotatable bonds is 8. The summed E-state index contributed by atoms with van der Waals surface area (Å²) < 4.78 is 0. The summed E-state index contributed by atoms with van der Waals surface area (Å²) in [6.45, 7) is 0.126. The van der Waals surface area contributed by atoms with Crippen LogP contribution in [0.15, 0.2) is 83.9 Å². The molecule has 1 atom stereocenters. The molecular weight excluding hydrogens is 368 g/mol. The van der Waals surface area contributed by atoms with E-state index in [0.29, 0.717) is 6.54 Å². The van der Waals surface area contributed by atoms with Crippen molar-refractivity contribution in [3.8, 4) is 0 Å². The lowest BCUT2D eigenvalue weighted by molar-refractivity contribution is 0.101. The Balaban J connectivity index is 1.67. The molecule has 2 aromatic rings. The number of hydrogen-bond acceptors (Lipinski definition) is 5. The minimum absolute atomic E-state index is 0.244. The van der Waals surface area contributed by atoms with Gasteiger partial charge in [-0.2, -0.15) is 0 Å². The van der Waals surface area contributed by atoms with Crippen LogP contribution in [0.25, 0.3) is 5.57 Å². The molecule has 0 radical (unpaired) electrons. The lowest BCUT2D eigenvalue weighted by Crippen LogP contribution is -2.32. The second-order valence-electron chi connectivity index (χ2n) is 6.43. The first-order valence-corrected chi connectivity index (χ1v) is 10.3. The van der Waals surface area contributed by atoms with Crippen LogP contribution in [0, 0.1) is 0 Å². The Morgan fingerprint density at radius 1 is 1.14 bits per heavy atom. The third-order valence-electron chi connectivity index (χ3n) is 4.48. The van der Waals surface area contributed by atoms with Gasteiger partial charge in [0.25, 0.3) is 0 Å². The summed E-state index contributed by atoms with van der Waals surface area (Å²) in [5.41, 5.74) is 4.43. The Labute approximate surface area is 170 Å². The molecule has 0 aliphatic carbocycles. The van der Waals surface area contributed by atoms with Gasteiger partial charge in [-0.25, -0.2) is 0 Å². The summed E-state index contributed by atoms with van der Waals surface area (Å²) in [6, 6.07) is 16.4. The quantitative estimate of drug-likeness (QED) is 0.588. The highest BCUT2D eigenvalue weighted by Gasteiger charge is 2.17. The SMILES string of the molecule is CNc1ccccc1SC/C=C\C=C1\C=CN(CC(O)CO)c2ccccc21. The van der Waals surface area contributed by atoms with Gasteiger partial charge in [0.1, 0.15) is 0 Å². The lowest BCUT2D eigenvalue weighted by Gasteiger charge is -2.29. The molecule has 0 aromatic heterocycles. The van der Waals surface area contributed by atoms with Crippen LogP contribution in [-0.2, 0) is 0 Å². The van der Waals surface area contributed by atoms with E-state index in [4.69, 9.17) is 5.11 Å². The van der Waals surface area contributed by atoms with Crippen molar-refractivity contribution < 1.29 is 10.2 Å². The molecule has 0 saturated carbocycles. The van der Waals surface area contributed by atoms with E-state index in [1.165, 1.54) is 4.90 Å². The van der Waals surface area contributed by atoms with E-state index in [2.05, 4.69) is 47.8 Å². The fourth-order valence-electron chi connectivity index (χ4n) is 3.06. The maximum atomic E-state index is 9.78. The van der Waals surface area contributed by atoms with Crippen LogP contribution in [-0.4, -0.2) is 42.3 Å². The number of para-hydroxylation sites is 2. The summed E-state index contributed by atoms with van der Waals surface area (Å²) in [5, 5.41) is 22.1. The second kappa shape index (κ2) is 10.2. The molecule has 0 amide bonds. The number of hydrogen-bond donors (Lipinski definition) is 3. The average Bonchev–Trinajstić information content (AvgIpc) is 2.75. The first kappa shape index (κ1) is 20.3. The molecule has 5 heteroatoms. The molecular formula is C23H26N2O2S. The Hall–Kier alpha value is -2.47. The van der Waals surface area contributed by atoms with Crippen molar-refractivity contribution in [1.82, 2.24) is 0 Å². The highest BCUT2D eigenvalue weighted by Crippen LogP contribution is 2.33. The van der Waals surface area contributed by atoms with E-state index in [0.717, 1.165) is 28.3 Å². The highest BCUT2D eigenvalue weighted by atomic mass is 32.2. The lowest BCUT2D eigenvalue weighted by atomic mass is 9.99. The molecule has 28 heavy (non-hydrogen) atoms. The molecule has 1 heterocycles. The minimum atomic E-state index is -0.763. The molecule has 2 aromatic carbocycles. The molecule has 0 saturated heterocycles. The van der Waals surface area contributed by atoms with Gasteiger partial charge in [0, 0.05) is 40.8 Å². The van der Waals surface area contributed by atoms with Gasteiger partial charge in [-0.05, 0) is 29.8 Å². The minimum Gasteiger partial charge on any atom is -0.394 e. The van der Waals surface area contributed by atoms with Crippen LogP contribution in [0.3, 0.4) is 0 Å². The molecule has 0 fully saturated rings. The highest BCUT2D eigenvalue weighted by molar-refractivity contribution is 7.99. The van der Waals surface area contributed by atoms with Crippen LogP contribution < -0.4 is 10.2 Å². The summed E-state index contributed by atoms with van der Waals surface area (Å²) in [5.74, 6) is 0.892. The first-order chi connectivity index (χ1) is 13.7. The number of β-amino-alcohol motifs (C(OH)–C–C–N with tert-alkyl or cyclic N) is 1. The standard InChI is InChI=1S/C23H26N2O2S/c1-24-21-10-3-5-12-23(21)28-15-7-6-8-18-13-14-25(16-19(27)17-26)22-11-4-2-9-20(18)22/h2-14,19,24,26-27H,15-17H2,1H3/b7-6-,18-8-. The van der Waals surface area contributed by atoms with Gasteiger partial charge in [-0.1, -0.05) is 48.6 Å². The summed E-state index contributed by atoms with van der Waals surface area (Å²) in [4.78, 5) is 3.21. The number of benzene rings is 2. The van der Waals surface area contributed by atoms with Crippen molar-refractivity contribution in [2.75, 3.05) is 36.2 Å². The molecule has 1 aliphatic heterocycles. The van der Waals surface area contributed by atoms with Crippen molar-refractivity contribution in [3.05, 3.63) is 84.6 Å². The zero-order valence-corrected chi connectivity index (χ0v) is 16.8. The second-order valence-corrected chi connectivity index (χ2v) is 7.49. The fraction of sp³-hybridized carbons (Fsp3) is 0.217. The third-order valence-corrected chi connectivity index (χ3v) is 5.51. The number of nitrogens with zero attached hydrogens (tertiary/aromatic N) is 1. The molecule has 3 N–H and O–H groups in total. The van der Waals surface area contributed by atoms with Gasteiger partial charge in [0.2, 0.25) is 0 Å². The van der Waals surface area contributed by atoms with Gasteiger partial charge in [0.15, 0.2) is 0 Å².